The van der Waals surface area contributed by atoms with E-state index in [4.69, 9.17) is 23.4 Å². The highest BCUT2D eigenvalue weighted by Crippen LogP contribution is 2.36. The van der Waals surface area contributed by atoms with Crippen molar-refractivity contribution in [2.24, 2.45) is 0 Å². The lowest BCUT2D eigenvalue weighted by Crippen LogP contribution is -2.45. The summed E-state index contributed by atoms with van der Waals surface area (Å²) in [6.45, 7) is 2.60. The first kappa shape index (κ1) is 37.0. The van der Waals surface area contributed by atoms with Crippen LogP contribution in [0, 0.1) is 0 Å². The van der Waals surface area contributed by atoms with Crippen LogP contribution in [-0.2, 0) is 59.1 Å². The number of aliphatic hydroxyl groups is 1. The number of benzene rings is 5. The summed E-state index contributed by atoms with van der Waals surface area (Å²) in [6.07, 6.45) is -4.04. The van der Waals surface area contributed by atoms with E-state index in [-0.39, 0.29) is 19.4 Å². The molecule has 8 bridgehead atoms. The van der Waals surface area contributed by atoms with E-state index in [1.165, 1.54) is 0 Å². The quantitative estimate of drug-likeness (QED) is 0.173. The molecule has 56 heavy (non-hydrogen) atoms. The summed E-state index contributed by atoms with van der Waals surface area (Å²) in [7, 11) is -1.52. The van der Waals surface area contributed by atoms with Gasteiger partial charge in [0.2, 0.25) is 0 Å². The number of carboxylic acids is 2. The number of rotatable bonds is 6. The summed E-state index contributed by atoms with van der Waals surface area (Å²) < 4.78 is 31.6. The molecule has 1 unspecified atom stereocenters. The topological polar surface area (TPSA) is 147 Å². The van der Waals surface area contributed by atoms with Crippen LogP contribution in [0.15, 0.2) is 97.1 Å². The minimum absolute atomic E-state index is 0.0378. The van der Waals surface area contributed by atoms with Crippen molar-refractivity contribution in [3.05, 3.63) is 119 Å². The van der Waals surface area contributed by atoms with Crippen LogP contribution in [-0.4, -0.2) is 102 Å². The monoisotopic (exact) mass is 756 g/mol. The maximum atomic E-state index is 11.9. The average molecular weight is 756 g/mol. The molecule has 5 aromatic carbocycles. The molecular formula is C42H42B2N2O10. The second-order valence-corrected chi connectivity index (χ2v) is 15.1. The maximum absolute atomic E-state index is 11.9. The fourth-order valence-electron chi connectivity index (χ4n) is 8.56. The smallest absolute Gasteiger partial charge is 0.481 e. The van der Waals surface area contributed by atoms with Crippen LogP contribution in [0.25, 0.3) is 21.5 Å². The van der Waals surface area contributed by atoms with E-state index in [0.29, 0.717) is 39.3 Å². The number of ether oxygens (including phenoxy) is 1. The van der Waals surface area contributed by atoms with Crippen molar-refractivity contribution in [1.82, 2.24) is 9.80 Å². The highest BCUT2D eigenvalue weighted by molar-refractivity contribution is 6.62. The van der Waals surface area contributed by atoms with Crippen LogP contribution in [0.3, 0.4) is 0 Å². The lowest BCUT2D eigenvalue weighted by molar-refractivity contribution is -0.138. The Bertz CT molecular complexity index is 2280. The summed E-state index contributed by atoms with van der Waals surface area (Å²) in [4.78, 5) is 28.1. The van der Waals surface area contributed by atoms with E-state index >= 15 is 0 Å². The van der Waals surface area contributed by atoms with Gasteiger partial charge in [-0.15, -0.1) is 0 Å². The fraction of sp³-hybridized carbons (Fsp3) is 0.333. The molecule has 14 heteroatoms. The summed E-state index contributed by atoms with van der Waals surface area (Å²) in [5, 5.41) is 35.3. The summed E-state index contributed by atoms with van der Waals surface area (Å²) in [6, 6.07) is 32.5. The zero-order valence-electron chi connectivity index (χ0n) is 30.7. The van der Waals surface area contributed by atoms with Gasteiger partial charge >= 0.3 is 26.2 Å². The normalized spacial score (nSPS) is 24.3. The third kappa shape index (κ3) is 7.47. The number of aliphatic hydroxyl groups excluding tert-OH is 1. The minimum Gasteiger partial charge on any atom is -0.481 e. The summed E-state index contributed by atoms with van der Waals surface area (Å²) in [5.41, 5.74) is 5.53. The molecule has 3 N–H and O–H groups in total. The van der Waals surface area contributed by atoms with Crippen LogP contribution in [0.1, 0.15) is 35.1 Å². The van der Waals surface area contributed by atoms with Crippen LogP contribution in [0.2, 0.25) is 0 Å². The zero-order chi connectivity index (χ0) is 38.3. The Labute approximate surface area is 324 Å². The van der Waals surface area contributed by atoms with Crippen LogP contribution in [0.4, 0.5) is 0 Å². The van der Waals surface area contributed by atoms with E-state index in [2.05, 4.69) is 46.2 Å². The highest BCUT2D eigenvalue weighted by Gasteiger charge is 2.57. The predicted octanol–water partition coefficient (Wildman–Crippen LogP) is 3.27. The van der Waals surface area contributed by atoms with Crippen molar-refractivity contribution in [2.45, 2.75) is 69.7 Å². The Kier molecular flexibility index (Phi) is 10.4. The molecule has 5 aromatic rings. The van der Waals surface area contributed by atoms with Gasteiger partial charge in [-0.2, -0.15) is 0 Å². The van der Waals surface area contributed by atoms with Gasteiger partial charge in [0.1, 0.15) is 18.3 Å². The highest BCUT2D eigenvalue weighted by atomic mass is 16.8. The number of carboxylic acid groups (broad SMARTS) is 2. The van der Waals surface area contributed by atoms with Gasteiger partial charge in [-0.1, -0.05) is 84.9 Å². The molecule has 3 saturated heterocycles. The van der Waals surface area contributed by atoms with Gasteiger partial charge in [0.25, 0.3) is 0 Å². The molecule has 0 saturated carbocycles. The van der Waals surface area contributed by atoms with Crippen molar-refractivity contribution in [1.29, 1.82) is 0 Å². The van der Waals surface area contributed by atoms with Crippen molar-refractivity contribution >= 4 is 58.6 Å². The second kappa shape index (κ2) is 15.7. The molecule has 12 rings (SSSR count). The number of hydrogen-bond acceptors (Lipinski definition) is 10. The molecule has 0 aliphatic carbocycles. The van der Waals surface area contributed by atoms with Crippen molar-refractivity contribution in [3.8, 4) is 0 Å². The molecule has 0 spiro atoms. The third-order valence-corrected chi connectivity index (χ3v) is 11.4. The van der Waals surface area contributed by atoms with Crippen molar-refractivity contribution in [3.63, 3.8) is 0 Å². The minimum atomic E-state index is -1.04. The van der Waals surface area contributed by atoms with Gasteiger partial charge in [0.05, 0.1) is 25.6 Å². The Morgan fingerprint density at radius 3 is 1.70 bits per heavy atom. The molecule has 12 nitrogen and oxygen atoms in total. The maximum Gasteiger partial charge on any atom is 0.496 e. The zero-order valence-corrected chi connectivity index (χ0v) is 30.7. The first-order valence-electron chi connectivity index (χ1n) is 19.2. The van der Waals surface area contributed by atoms with Gasteiger partial charge in [0, 0.05) is 39.3 Å². The molecule has 5 atom stereocenters. The predicted molar refractivity (Wildman–Crippen MR) is 209 cm³/mol. The first-order valence-corrected chi connectivity index (χ1v) is 19.2. The van der Waals surface area contributed by atoms with Gasteiger partial charge in [-0.05, 0) is 66.9 Å². The number of nitrogens with zero attached hydrogens (tertiary/aromatic N) is 2. The molecule has 3 fully saturated rings. The SMILES string of the molecule is O=C(O)CCN1Cc2ccccc2B2OCC(O2)[C@H]2O[C@@H]3OB(O[C@@H]3[C@H]2O)c2ccccc2CN(CCC(=O)O)Cc2ccc(c3cc4ccccc4cc23)C1. The summed E-state index contributed by atoms with van der Waals surface area (Å²) in [5.74, 6) is -1.76. The number of aliphatic carboxylic acids is 2. The lowest BCUT2D eigenvalue weighted by atomic mass is 9.76. The van der Waals surface area contributed by atoms with Crippen molar-refractivity contribution < 1.29 is 48.3 Å². The van der Waals surface area contributed by atoms with Gasteiger partial charge in [-0.25, -0.2) is 0 Å². The Balaban J connectivity index is 1.15. The Morgan fingerprint density at radius 1 is 0.625 bits per heavy atom. The van der Waals surface area contributed by atoms with Gasteiger partial charge in [0.15, 0.2) is 6.29 Å². The molecule has 0 amide bonds. The molecule has 0 radical (unpaired) electrons. The Morgan fingerprint density at radius 2 is 1.14 bits per heavy atom. The number of carbonyl (C=O) groups is 2. The van der Waals surface area contributed by atoms with Crippen LogP contribution >= 0.6 is 0 Å². The fourth-order valence-corrected chi connectivity index (χ4v) is 8.56. The number of fused-ring (bicyclic) bond motifs is 1. The van der Waals surface area contributed by atoms with E-state index in [9.17, 15) is 24.9 Å². The third-order valence-electron chi connectivity index (χ3n) is 11.4. The molecule has 286 valence electrons. The number of hydrogen-bond donors (Lipinski definition) is 3. The van der Waals surface area contributed by atoms with Crippen LogP contribution in [0.5, 0.6) is 0 Å². The second-order valence-electron chi connectivity index (χ2n) is 15.1. The molecule has 7 heterocycles. The van der Waals surface area contributed by atoms with Gasteiger partial charge in [-0.3, -0.25) is 19.4 Å². The molecular weight excluding hydrogens is 714 g/mol. The van der Waals surface area contributed by atoms with E-state index < -0.39 is 56.9 Å². The standard InChI is InChI=1S/C42H42B2N2O10/c47-37(48)15-17-45-21-28-13-14-29(33-20-27-8-2-1-7-26(27)19-32(28)33)22-46(18-16-38(49)50)24-31-10-4-6-12-35(31)44-55-41-39(51)40(53-42(41)56-44)36-25-52-43(54-36)34-11-5-3-9-30(34)23-45/h1-14,19-20,36,39-42,51H,15-18,21-25H2,(H,47,48)(H,49,50)/t36?,39-,40+,41+,42+/m0/s1. The Hall–Kier alpha value is -4.63. The largest absolute Gasteiger partial charge is 0.496 e. The van der Waals surface area contributed by atoms with Crippen LogP contribution < -0.4 is 10.9 Å². The van der Waals surface area contributed by atoms with Crippen molar-refractivity contribution in [2.75, 3.05) is 19.7 Å². The van der Waals surface area contributed by atoms with E-state index in [1.807, 2.05) is 60.7 Å². The summed E-state index contributed by atoms with van der Waals surface area (Å²) >= 11 is 0. The average Bonchev–Trinajstić information content (AvgIpc) is 3.93. The molecule has 0 aromatic heterocycles. The molecule has 7 aliphatic rings. The lowest BCUT2D eigenvalue weighted by Gasteiger charge is -2.27. The van der Waals surface area contributed by atoms with E-state index in [0.717, 1.165) is 54.7 Å². The first-order chi connectivity index (χ1) is 27.3. The molecule has 7 aliphatic heterocycles. The van der Waals surface area contributed by atoms with E-state index in [1.54, 1.807) is 0 Å². The van der Waals surface area contributed by atoms with Gasteiger partial charge < -0.3 is 38.7 Å².